The molecule has 0 fully saturated rings. The van der Waals surface area contributed by atoms with E-state index in [0.717, 1.165) is 5.56 Å². The number of nitrogens with one attached hydrogen (secondary N) is 1. The molecule has 0 aliphatic heterocycles. The Balaban J connectivity index is 1.75. The number of carbonyl (C=O) groups excluding carboxylic acids is 1. The maximum atomic E-state index is 11.7. The summed E-state index contributed by atoms with van der Waals surface area (Å²) in [5.41, 5.74) is 0.884. The van der Waals surface area contributed by atoms with Crippen LogP contribution in [0, 0.1) is 0 Å². The van der Waals surface area contributed by atoms with Gasteiger partial charge in [-0.05, 0) is 36.2 Å². The second-order valence-corrected chi connectivity index (χ2v) is 6.98. The SMILES string of the molecule is NS(=O)(=O)c1ccc(CCNC(=O)COc2ccccc2Cl)cc1. The lowest BCUT2D eigenvalue weighted by Gasteiger charge is -2.09. The largest absolute Gasteiger partial charge is 0.482 e. The van der Waals surface area contributed by atoms with E-state index < -0.39 is 10.0 Å². The summed E-state index contributed by atoms with van der Waals surface area (Å²) in [4.78, 5) is 11.8. The number of primary sulfonamides is 1. The molecule has 0 radical (unpaired) electrons. The Kier molecular flexibility index (Phi) is 6.19. The minimum Gasteiger partial charge on any atom is -0.482 e. The number of hydrogen-bond acceptors (Lipinski definition) is 4. The predicted octanol–water partition coefficient (Wildman–Crippen LogP) is 1.73. The summed E-state index contributed by atoms with van der Waals surface area (Å²) in [6.45, 7) is 0.271. The van der Waals surface area contributed by atoms with Gasteiger partial charge in [0.15, 0.2) is 6.61 Å². The van der Waals surface area contributed by atoms with Crippen LogP contribution in [0.4, 0.5) is 0 Å². The van der Waals surface area contributed by atoms with Crippen LogP contribution in [0.3, 0.4) is 0 Å². The van der Waals surface area contributed by atoms with Crippen LogP contribution < -0.4 is 15.2 Å². The number of nitrogens with two attached hydrogens (primary N) is 1. The second-order valence-electron chi connectivity index (χ2n) is 5.01. The number of carbonyl (C=O) groups is 1. The van der Waals surface area contributed by atoms with Crippen LogP contribution in [0.1, 0.15) is 5.56 Å². The van der Waals surface area contributed by atoms with Crippen molar-refractivity contribution in [2.75, 3.05) is 13.2 Å². The highest BCUT2D eigenvalue weighted by Crippen LogP contribution is 2.22. The normalized spacial score (nSPS) is 11.1. The van der Waals surface area contributed by atoms with Gasteiger partial charge in [-0.1, -0.05) is 35.9 Å². The molecule has 0 saturated carbocycles. The summed E-state index contributed by atoms with van der Waals surface area (Å²) in [7, 11) is -3.69. The third kappa shape index (κ3) is 5.52. The highest BCUT2D eigenvalue weighted by molar-refractivity contribution is 7.89. The average Bonchev–Trinajstić information content (AvgIpc) is 2.54. The monoisotopic (exact) mass is 368 g/mol. The van der Waals surface area contributed by atoms with E-state index in [1.807, 2.05) is 0 Å². The van der Waals surface area contributed by atoms with E-state index >= 15 is 0 Å². The summed E-state index contributed by atoms with van der Waals surface area (Å²) in [5.74, 6) is 0.184. The smallest absolute Gasteiger partial charge is 0.257 e. The first kappa shape index (κ1) is 18.3. The van der Waals surface area contributed by atoms with Crippen molar-refractivity contribution in [3.05, 3.63) is 59.1 Å². The van der Waals surface area contributed by atoms with Gasteiger partial charge in [0.2, 0.25) is 10.0 Å². The summed E-state index contributed by atoms with van der Waals surface area (Å²) in [6, 6.07) is 13.1. The number of halogens is 1. The minimum atomic E-state index is -3.69. The van der Waals surface area contributed by atoms with Crippen molar-refractivity contribution in [3.63, 3.8) is 0 Å². The van der Waals surface area contributed by atoms with Crippen LogP contribution in [0.25, 0.3) is 0 Å². The molecule has 0 heterocycles. The van der Waals surface area contributed by atoms with Gasteiger partial charge in [-0.2, -0.15) is 0 Å². The molecule has 0 bridgehead atoms. The zero-order valence-electron chi connectivity index (χ0n) is 12.7. The molecule has 2 aromatic rings. The van der Waals surface area contributed by atoms with Crippen LogP contribution in [-0.2, 0) is 21.2 Å². The van der Waals surface area contributed by atoms with E-state index in [2.05, 4.69) is 5.32 Å². The highest BCUT2D eigenvalue weighted by Gasteiger charge is 2.07. The summed E-state index contributed by atoms with van der Waals surface area (Å²) in [5, 5.41) is 8.19. The van der Waals surface area contributed by atoms with Gasteiger partial charge < -0.3 is 10.1 Å². The van der Waals surface area contributed by atoms with E-state index in [1.54, 1.807) is 36.4 Å². The van der Waals surface area contributed by atoms with E-state index in [-0.39, 0.29) is 17.4 Å². The number of rotatable bonds is 7. The molecular formula is C16H17ClN2O4S. The fraction of sp³-hybridized carbons (Fsp3) is 0.188. The Morgan fingerprint density at radius 3 is 2.42 bits per heavy atom. The third-order valence-electron chi connectivity index (χ3n) is 3.18. The highest BCUT2D eigenvalue weighted by atomic mass is 35.5. The quantitative estimate of drug-likeness (QED) is 0.777. The molecule has 0 saturated heterocycles. The Morgan fingerprint density at radius 1 is 1.12 bits per heavy atom. The third-order valence-corrected chi connectivity index (χ3v) is 4.42. The van der Waals surface area contributed by atoms with Gasteiger partial charge in [0.25, 0.3) is 5.91 Å². The van der Waals surface area contributed by atoms with Gasteiger partial charge in [-0.25, -0.2) is 13.6 Å². The Morgan fingerprint density at radius 2 is 1.79 bits per heavy atom. The molecule has 128 valence electrons. The van der Waals surface area contributed by atoms with Gasteiger partial charge in [0, 0.05) is 6.54 Å². The molecule has 0 atom stereocenters. The maximum absolute atomic E-state index is 11.7. The Bertz CT molecular complexity index is 807. The van der Waals surface area contributed by atoms with Crippen LogP contribution in [0.5, 0.6) is 5.75 Å². The van der Waals surface area contributed by atoms with Crippen LogP contribution in [0.15, 0.2) is 53.4 Å². The number of sulfonamides is 1. The summed E-state index contributed by atoms with van der Waals surface area (Å²) >= 11 is 5.93. The van der Waals surface area contributed by atoms with Crippen LogP contribution >= 0.6 is 11.6 Å². The second kappa shape index (κ2) is 8.14. The van der Waals surface area contributed by atoms with E-state index in [4.69, 9.17) is 21.5 Å². The van der Waals surface area contributed by atoms with Crippen molar-refractivity contribution in [1.29, 1.82) is 0 Å². The molecule has 0 aliphatic rings. The fourth-order valence-corrected chi connectivity index (χ4v) is 2.65. The molecule has 24 heavy (non-hydrogen) atoms. The lowest BCUT2D eigenvalue weighted by molar-refractivity contribution is -0.123. The first-order valence-corrected chi connectivity index (χ1v) is 9.04. The molecule has 0 aliphatic carbocycles. The number of ether oxygens (including phenoxy) is 1. The van der Waals surface area contributed by atoms with E-state index in [0.29, 0.717) is 23.7 Å². The van der Waals surface area contributed by atoms with Crippen molar-refractivity contribution in [3.8, 4) is 5.75 Å². The fourth-order valence-electron chi connectivity index (χ4n) is 1.95. The molecular weight excluding hydrogens is 352 g/mol. The lowest BCUT2D eigenvalue weighted by atomic mass is 10.1. The van der Waals surface area contributed by atoms with Crippen LogP contribution in [-0.4, -0.2) is 27.5 Å². The molecule has 3 N–H and O–H groups in total. The molecule has 0 spiro atoms. The molecule has 2 aromatic carbocycles. The number of para-hydroxylation sites is 1. The topological polar surface area (TPSA) is 98.5 Å². The van der Waals surface area contributed by atoms with Gasteiger partial charge in [-0.15, -0.1) is 0 Å². The molecule has 8 heteroatoms. The first-order chi connectivity index (χ1) is 11.4. The van der Waals surface area contributed by atoms with E-state index in [9.17, 15) is 13.2 Å². The van der Waals surface area contributed by atoms with Crippen molar-refractivity contribution in [1.82, 2.24) is 5.32 Å². The van der Waals surface area contributed by atoms with E-state index in [1.165, 1.54) is 12.1 Å². The predicted molar refractivity (Wildman–Crippen MR) is 91.5 cm³/mol. The molecule has 2 rings (SSSR count). The molecule has 0 unspecified atom stereocenters. The van der Waals surface area contributed by atoms with Gasteiger partial charge in [0.05, 0.1) is 9.92 Å². The van der Waals surface area contributed by atoms with Crippen molar-refractivity contribution < 1.29 is 17.9 Å². The van der Waals surface area contributed by atoms with Gasteiger partial charge in [-0.3, -0.25) is 4.79 Å². The average molecular weight is 369 g/mol. The maximum Gasteiger partial charge on any atom is 0.257 e. The molecule has 6 nitrogen and oxygen atoms in total. The Hall–Kier alpha value is -2.09. The molecule has 0 aromatic heterocycles. The summed E-state index contributed by atoms with van der Waals surface area (Å²) < 4.78 is 27.6. The first-order valence-electron chi connectivity index (χ1n) is 7.12. The van der Waals surface area contributed by atoms with Gasteiger partial charge >= 0.3 is 0 Å². The van der Waals surface area contributed by atoms with Crippen LogP contribution in [0.2, 0.25) is 5.02 Å². The van der Waals surface area contributed by atoms with Gasteiger partial charge in [0.1, 0.15) is 5.75 Å². The number of amides is 1. The van der Waals surface area contributed by atoms with Crippen molar-refractivity contribution in [2.45, 2.75) is 11.3 Å². The molecule has 1 amide bonds. The van der Waals surface area contributed by atoms with Crippen molar-refractivity contribution in [2.24, 2.45) is 5.14 Å². The van der Waals surface area contributed by atoms with Crippen molar-refractivity contribution >= 4 is 27.5 Å². The number of hydrogen-bond donors (Lipinski definition) is 2. The Labute approximate surface area is 145 Å². The summed E-state index contributed by atoms with van der Waals surface area (Å²) in [6.07, 6.45) is 0.558. The number of benzene rings is 2. The zero-order valence-corrected chi connectivity index (χ0v) is 14.3. The minimum absolute atomic E-state index is 0.0587. The lowest BCUT2D eigenvalue weighted by Crippen LogP contribution is -2.30. The standard InChI is InChI=1S/C16H17ClN2O4S/c17-14-3-1-2-4-15(14)23-11-16(20)19-10-9-12-5-7-13(8-6-12)24(18,21)22/h1-8H,9-11H2,(H,19,20)(H2,18,21,22). The zero-order chi connectivity index (χ0) is 17.6.